The van der Waals surface area contributed by atoms with Gasteiger partial charge in [-0.3, -0.25) is 9.59 Å². The molecule has 164 valence electrons. The Kier molecular flexibility index (Phi) is 6.14. The minimum atomic E-state index is -1.06. The maximum absolute atomic E-state index is 13.7. The number of ether oxygens (including phenoxy) is 1. The monoisotopic (exact) mass is 428 g/mol. The molecule has 0 aromatic carbocycles. The summed E-state index contributed by atoms with van der Waals surface area (Å²) in [5.74, 6) is 0.737. The van der Waals surface area contributed by atoms with E-state index in [1.54, 1.807) is 0 Å². The Morgan fingerprint density at radius 2 is 1.83 bits per heavy atom. The van der Waals surface area contributed by atoms with E-state index in [1.807, 2.05) is 11.9 Å². The summed E-state index contributed by atoms with van der Waals surface area (Å²) in [4.78, 5) is 27.1. The van der Waals surface area contributed by atoms with Gasteiger partial charge in [-0.05, 0) is 50.9 Å². The zero-order valence-electron chi connectivity index (χ0n) is 17.4. The zero-order valence-corrected chi connectivity index (χ0v) is 18.2. The summed E-state index contributed by atoms with van der Waals surface area (Å²) in [7, 11) is 1.93. The number of carbonyl (C=O) groups excluding carboxylic acids is 2. The third kappa shape index (κ3) is 4.43. The molecule has 5 aliphatic carbocycles. The van der Waals surface area contributed by atoms with Gasteiger partial charge < -0.3 is 15.0 Å². The van der Waals surface area contributed by atoms with Crippen molar-refractivity contribution in [2.45, 2.75) is 93.8 Å². The Labute approximate surface area is 178 Å². The van der Waals surface area contributed by atoms with E-state index in [0.717, 1.165) is 25.8 Å². The molecular weight excluding hydrogens is 395 g/mol. The molecule has 5 saturated carbocycles. The molecule has 5 fully saturated rings. The topological polar surface area (TPSA) is 58.6 Å². The molecule has 5 rings (SSSR count). The van der Waals surface area contributed by atoms with Gasteiger partial charge in [0, 0.05) is 25.6 Å². The van der Waals surface area contributed by atoms with Crippen molar-refractivity contribution in [3.05, 3.63) is 0 Å². The fourth-order valence-electron chi connectivity index (χ4n) is 6.11. The third-order valence-corrected chi connectivity index (χ3v) is 8.08. The lowest BCUT2D eigenvalue weighted by Gasteiger charge is -2.69. The molecule has 0 aliphatic heterocycles. The van der Waals surface area contributed by atoms with Crippen LogP contribution in [0.15, 0.2) is 0 Å². The first kappa shape index (κ1) is 21.4. The highest BCUT2D eigenvalue weighted by Crippen LogP contribution is 2.67. The van der Waals surface area contributed by atoms with Gasteiger partial charge in [-0.25, -0.2) is 4.39 Å². The fraction of sp³-hybridized carbons (Fsp3) is 0.909. The number of nitrogens with zero attached hydrogens (tertiary/aromatic N) is 1. The average Bonchev–Trinajstić information content (AvgIpc) is 2.64. The fourth-order valence-corrected chi connectivity index (χ4v) is 6.34. The van der Waals surface area contributed by atoms with Crippen molar-refractivity contribution in [3.63, 3.8) is 0 Å². The van der Waals surface area contributed by atoms with Crippen molar-refractivity contribution in [3.8, 4) is 0 Å². The largest absolute Gasteiger partial charge is 0.368 e. The van der Waals surface area contributed by atoms with Crippen molar-refractivity contribution in [1.29, 1.82) is 0 Å². The average molecular weight is 429 g/mol. The summed E-state index contributed by atoms with van der Waals surface area (Å²) in [6, 6.07) is 0. The van der Waals surface area contributed by atoms with Crippen LogP contribution in [0.3, 0.4) is 0 Å². The molecule has 5 nitrogen and oxygen atoms in total. The molecule has 2 bridgehead atoms. The summed E-state index contributed by atoms with van der Waals surface area (Å²) in [6.07, 6.45) is 8.83. The molecule has 0 spiro atoms. The number of rotatable bonds is 7. The Morgan fingerprint density at radius 1 is 1.14 bits per heavy atom. The van der Waals surface area contributed by atoms with E-state index < -0.39 is 11.5 Å². The minimum Gasteiger partial charge on any atom is -0.368 e. The second kappa shape index (κ2) is 8.33. The summed E-state index contributed by atoms with van der Waals surface area (Å²) in [5, 5.41) is 2.63. The van der Waals surface area contributed by atoms with Gasteiger partial charge in [0.15, 0.2) is 0 Å². The van der Waals surface area contributed by atoms with Crippen LogP contribution in [-0.4, -0.2) is 60.1 Å². The van der Waals surface area contributed by atoms with Crippen LogP contribution in [0.1, 0.15) is 70.6 Å². The third-order valence-electron chi connectivity index (χ3n) is 7.59. The Hall–Kier alpha value is -0.880. The second-order valence-corrected chi connectivity index (χ2v) is 10.7. The molecule has 2 amide bonds. The molecule has 3 atom stereocenters. The SMILES string of the molecule is CN(CC1CCCCC1)C(=O)C12CC(NC(=O)COC3CCC(Cl)C(F)C3)(C1)C2. The van der Waals surface area contributed by atoms with E-state index in [-0.39, 0.29) is 41.9 Å². The van der Waals surface area contributed by atoms with Crippen molar-refractivity contribution < 1.29 is 18.7 Å². The van der Waals surface area contributed by atoms with E-state index in [1.165, 1.54) is 32.1 Å². The van der Waals surface area contributed by atoms with E-state index in [9.17, 15) is 14.0 Å². The van der Waals surface area contributed by atoms with Crippen molar-refractivity contribution >= 4 is 23.4 Å². The maximum atomic E-state index is 13.7. The van der Waals surface area contributed by atoms with Crippen LogP contribution in [0.4, 0.5) is 4.39 Å². The summed E-state index contributed by atoms with van der Waals surface area (Å²) < 4.78 is 19.3. The summed E-state index contributed by atoms with van der Waals surface area (Å²) in [6.45, 7) is 0.822. The van der Waals surface area contributed by atoms with Crippen LogP contribution in [0, 0.1) is 11.3 Å². The maximum Gasteiger partial charge on any atom is 0.246 e. The van der Waals surface area contributed by atoms with Crippen molar-refractivity contribution in [1.82, 2.24) is 10.2 Å². The molecule has 0 aromatic rings. The lowest BCUT2D eigenvalue weighted by atomic mass is 9.39. The molecule has 0 radical (unpaired) electrons. The first-order valence-electron chi connectivity index (χ1n) is 11.3. The molecule has 29 heavy (non-hydrogen) atoms. The second-order valence-electron chi connectivity index (χ2n) is 10.1. The molecular formula is C22H34ClFN2O3. The van der Waals surface area contributed by atoms with Crippen LogP contribution in [0.2, 0.25) is 0 Å². The smallest absolute Gasteiger partial charge is 0.246 e. The first-order valence-corrected chi connectivity index (χ1v) is 11.7. The molecule has 3 unspecified atom stereocenters. The number of hydrogen-bond donors (Lipinski definition) is 1. The van der Waals surface area contributed by atoms with Gasteiger partial charge in [0.25, 0.3) is 0 Å². The Bertz CT molecular complexity index is 620. The minimum absolute atomic E-state index is 0.0470. The van der Waals surface area contributed by atoms with Gasteiger partial charge in [-0.1, -0.05) is 19.3 Å². The summed E-state index contributed by atoms with van der Waals surface area (Å²) in [5.41, 5.74) is -0.476. The van der Waals surface area contributed by atoms with Gasteiger partial charge in [0.1, 0.15) is 12.8 Å². The Morgan fingerprint density at radius 3 is 2.48 bits per heavy atom. The van der Waals surface area contributed by atoms with Crippen molar-refractivity contribution in [2.75, 3.05) is 20.2 Å². The van der Waals surface area contributed by atoms with Gasteiger partial charge in [-0.2, -0.15) is 0 Å². The van der Waals surface area contributed by atoms with E-state index >= 15 is 0 Å². The molecule has 0 heterocycles. The van der Waals surface area contributed by atoms with Gasteiger partial charge in [0.2, 0.25) is 11.8 Å². The number of nitrogens with one attached hydrogen (secondary N) is 1. The number of alkyl halides is 2. The highest BCUT2D eigenvalue weighted by Gasteiger charge is 2.72. The van der Waals surface area contributed by atoms with E-state index in [4.69, 9.17) is 16.3 Å². The van der Waals surface area contributed by atoms with Crippen molar-refractivity contribution in [2.24, 2.45) is 11.3 Å². The first-order chi connectivity index (χ1) is 13.8. The standard InChI is InChI=1S/C22H34ClFN2O3/c1-26(10-15-5-3-2-4-6-15)20(28)21-12-22(13-21,14-21)25-19(27)11-29-16-7-8-17(23)18(24)9-16/h15-18H,2-14H2,1H3,(H,25,27). The highest BCUT2D eigenvalue weighted by molar-refractivity contribution is 6.21. The van der Waals surface area contributed by atoms with Gasteiger partial charge >= 0.3 is 0 Å². The van der Waals surface area contributed by atoms with Crippen LogP contribution in [0.5, 0.6) is 0 Å². The normalized spacial score (nSPS) is 39.2. The van der Waals surface area contributed by atoms with Crippen LogP contribution in [0.25, 0.3) is 0 Å². The van der Waals surface area contributed by atoms with Crippen LogP contribution in [-0.2, 0) is 14.3 Å². The predicted octanol–water partition coefficient (Wildman–Crippen LogP) is 3.58. The number of hydrogen-bond acceptors (Lipinski definition) is 3. The van der Waals surface area contributed by atoms with E-state index in [2.05, 4.69) is 5.32 Å². The zero-order chi connectivity index (χ0) is 20.6. The molecule has 0 aromatic heterocycles. The Balaban J connectivity index is 1.16. The number of amides is 2. The lowest BCUT2D eigenvalue weighted by Crippen LogP contribution is -2.78. The molecule has 7 heteroatoms. The van der Waals surface area contributed by atoms with Gasteiger partial charge in [0.05, 0.1) is 16.9 Å². The molecule has 1 N–H and O–H groups in total. The predicted molar refractivity (Wildman–Crippen MR) is 109 cm³/mol. The van der Waals surface area contributed by atoms with Crippen LogP contribution < -0.4 is 5.32 Å². The lowest BCUT2D eigenvalue weighted by molar-refractivity contribution is -0.193. The quantitative estimate of drug-likeness (QED) is 0.630. The van der Waals surface area contributed by atoms with Crippen LogP contribution >= 0.6 is 11.6 Å². The van der Waals surface area contributed by atoms with Gasteiger partial charge in [-0.15, -0.1) is 11.6 Å². The molecule has 0 saturated heterocycles. The number of halogens is 2. The summed E-state index contributed by atoms with van der Waals surface area (Å²) >= 11 is 5.89. The highest BCUT2D eigenvalue weighted by atomic mass is 35.5. The molecule has 5 aliphatic rings. The van der Waals surface area contributed by atoms with E-state index in [0.29, 0.717) is 18.8 Å². The number of carbonyl (C=O) groups is 2.